The number of hydrogen-bond acceptors (Lipinski definition) is 12. The maximum absolute atomic E-state index is 14.4. The Morgan fingerprint density at radius 3 is 2.04 bits per heavy atom. The number of aromatic hydroxyl groups is 1. The Labute approximate surface area is 398 Å². The Bertz CT molecular complexity index is 2430. The maximum Gasteiger partial charge on any atom is 0.326 e. The van der Waals surface area contributed by atoms with Crippen LogP contribution in [0.15, 0.2) is 85.1 Å². The number of nitrogens with one attached hydrogen (secondary N) is 6. The lowest BCUT2D eigenvalue weighted by Gasteiger charge is -2.31. The Balaban J connectivity index is 1.34. The number of carboxylic acid groups (broad SMARTS) is 1. The van der Waals surface area contributed by atoms with Crippen LogP contribution in [-0.4, -0.2) is 134 Å². The molecule has 7 amide bonds. The SMILES string of the molecule is C[C@@H](O)[C@H](NC(=O)[C@H](Cc1c[nH]c2ccccc12)NC(=O)[C@@H]1CCCN1C(=O)[C@H](CCCCN)NC(=O)[C@@H](N)Cc1ccc(O)cc1)C(=O)N[C@@H](CC(N)=O)C(=O)N[C@@H](Cc1ccccc1)C(=O)O. The van der Waals surface area contributed by atoms with Crippen LogP contribution in [0.1, 0.15) is 62.1 Å². The summed E-state index contributed by atoms with van der Waals surface area (Å²) in [7, 11) is 0. The van der Waals surface area contributed by atoms with Crippen LogP contribution in [-0.2, 0) is 57.6 Å². The summed E-state index contributed by atoms with van der Waals surface area (Å²) in [4.78, 5) is 112. The van der Waals surface area contributed by atoms with E-state index in [1.807, 2.05) is 6.07 Å². The molecule has 0 radical (unpaired) electrons. The second kappa shape index (κ2) is 25.1. The van der Waals surface area contributed by atoms with Crippen molar-refractivity contribution in [2.45, 2.75) is 113 Å². The number of carbonyl (C=O) groups is 8. The van der Waals surface area contributed by atoms with E-state index in [1.54, 1.807) is 66.9 Å². The highest BCUT2D eigenvalue weighted by molar-refractivity contribution is 5.98. The monoisotopic (exact) mass is 954 g/mol. The van der Waals surface area contributed by atoms with Gasteiger partial charge in [-0.1, -0.05) is 60.7 Å². The number of amides is 7. The van der Waals surface area contributed by atoms with E-state index in [9.17, 15) is 53.7 Å². The summed E-state index contributed by atoms with van der Waals surface area (Å²) in [6.07, 6.45) is 0.950. The van der Waals surface area contributed by atoms with Gasteiger partial charge in [-0.3, -0.25) is 33.6 Å². The highest BCUT2D eigenvalue weighted by atomic mass is 16.4. The van der Waals surface area contributed by atoms with Gasteiger partial charge >= 0.3 is 5.97 Å². The first kappa shape index (κ1) is 52.6. The lowest BCUT2D eigenvalue weighted by Crippen LogP contribution is -2.62. The van der Waals surface area contributed by atoms with Gasteiger partial charge in [0.25, 0.3) is 0 Å². The van der Waals surface area contributed by atoms with Crippen molar-refractivity contribution in [3.05, 3.63) is 102 Å². The van der Waals surface area contributed by atoms with Crippen molar-refractivity contribution in [1.29, 1.82) is 0 Å². The van der Waals surface area contributed by atoms with Crippen molar-refractivity contribution in [3.63, 3.8) is 0 Å². The Morgan fingerprint density at radius 1 is 0.739 bits per heavy atom. The smallest absolute Gasteiger partial charge is 0.326 e. The minimum atomic E-state index is -1.79. The molecule has 1 aromatic heterocycles. The zero-order valence-corrected chi connectivity index (χ0v) is 38.3. The summed E-state index contributed by atoms with van der Waals surface area (Å²) in [6.45, 7) is 1.68. The summed E-state index contributed by atoms with van der Waals surface area (Å²) in [5, 5.41) is 43.7. The molecule has 0 bridgehead atoms. The highest BCUT2D eigenvalue weighted by Gasteiger charge is 2.40. The van der Waals surface area contributed by atoms with Gasteiger partial charge in [0.1, 0.15) is 42.0 Å². The van der Waals surface area contributed by atoms with Gasteiger partial charge in [-0.15, -0.1) is 0 Å². The van der Waals surface area contributed by atoms with Crippen molar-refractivity contribution in [1.82, 2.24) is 36.5 Å². The van der Waals surface area contributed by atoms with Crippen molar-refractivity contribution in [2.75, 3.05) is 13.1 Å². The number of nitrogens with two attached hydrogens (primary N) is 3. The molecule has 1 saturated heterocycles. The number of benzene rings is 3. The average Bonchev–Trinajstić information content (AvgIpc) is 3.98. The molecule has 8 atom stereocenters. The van der Waals surface area contributed by atoms with Gasteiger partial charge in [0.15, 0.2) is 0 Å². The van der Waals surface area contributed by atoms with Gasteiger partial charge in [-0.25, -0.2) is 4.79 Å². The molecule has 370 valence electrons. The number of H-pyrrole nitrogens is 1. The highest BCUT2D eigenvalue weighted by Crippen LogP contribution is 2.23. The van der Waals surface area contributed by atoms with E-state index in [1.165, 1.54) is 24.0 Å². The normalized spacial score (nSPS) is 16.5. The standard InChI is InChI=1S/C48H62N10O11/c1-27(59)41(46(66)55-37(25-40(51)61)43(63)56-38(48(68)69)23-28-10-3-2-4-11-28)57-44(64)36(24-30-26-52-34-13-6-5-12-32(30)34)54-45(65)39-15-9-21-58(39)47(67)35(14-7-8-20-49)53-42(62)33(50)22-29-16-18-31(60)19-17-29/h2-6,10-13,16-19,26-27,33,35-39,41,52,59-60H,7-9,14-15,20-25,49-50H2,1H3,(H2,51,61)(H,53,62)(H,54,65)(H,55,66)(H,56,63)(H,57,64)(H,68,69)/t27-,33+,35+,36+,37+,38+,39+,41+/m1/s1. The number of aliphatic hydroxyl groups is 1. The second-order valence-corrected chi connectivity index (χ2v) is 17.2. The van der Waals surface area contributed by atoms with Crippen LogP contribution in [0.25, 0.3) is 10.9 Å². The van der Waals surface area contributed by atoms with E-state index < -0.39 is 102 Å². The van der Waals surface area contributed by atoms with E-state index in [-0.39, 0.29) is 44.4 Å². The second-order valence-electron chi connectivity index (χ2n) is 17.2. The molecule has 4 aromatic rings. The minimum absolute atomic E-state index is 0.0486. The van der Waals surface area contributed by atoms with Crippen molar-refractivity contribution >= 4 is 58.2 Å². The fourth-order valence-corrected chi connectivity index (χ4v) is 8.16. The van der Waals surface area contributed by atoms with Crippen LogP contribution in [0.3, 0.4) is 0 Å². The van der Waals surface area contributed by atoms with Crippen LogP contribution in [0.4, 0.5) is 0 Å². The van der Waals surface area contributed by atoms with Crippen LogP contribution < -0.4 is 43.8 Å². The van der Waals surface area contributed by atoms with Crippen LogP contribution in [0.5, 0.6) is 5.75 Å². The Kier molecular flexibility index (Phi) is 19.2. The molecule has 0 saturated carbocycles. The van der Waals surface area contributed by atoms with Crippen molar-refractivity contribution < 1.29 is 53.7 Å². The first-order valence-corrected chi connectivity index (χ1v) is 22.8. The van der Waals surface area contributed by atoms with E-state index in [0.29, 0.717) is 42.5 Å². The third-order valence-corrected chi connectivity index (χ3v) is 11.9. The van der Waals surface area contributed by atoms with E-state index >= 15 is 0 Å². The molecular weight excluding hydrogens is 893 g/mol. The number of hydrogen-bond donors (Lipinski definition) is 12. The molecule has 21 nitrogen and oxygen atoms in total. The molecule has 21 heteroatoms. The molecule has 1 fully saturated rings. The third-order valence-electron chi connectivity index (χ3n) is 11.9. The van der Waals surface area contributed by atoms with Crippen molar-refractivity contribution in [2.24, 2.45) is 17.2 Å². The van der Waals surface area contributed by atoms with Crippen LogP contribution in [0, 0.1) is 0 Å². The number of aliphatic hydroxyl groups excluding tert-OH is 1. The number of aromatic amines is 1. The maximum atomic E-state index is 14.4. The molecule has 3 aromatic carbocycles. The number of carbonyl (C=O) groups excluding carboxylic acids is 7. The number of aliphatic carboxylic acids is 1. The molecule has 0 unspecified atom stereocenters. The summed E-state index contributed by atoms with van der Waals surface area (Å²) in [5.41, 5.74) is 20.0. The summed E-state index contributed by atoms with van der Waals surface area (Å²) in [6, 6.07) is 12.2. The zero-order chi connectivity index (χ0) is 50.2. The van der Waals surface area contributed by atoms with Gasteiger partial charge in [-0.2, -0.15) is 0 Å². The average molecular weight is 955 g/mol. The number of para-hydroxylation sites is 1. The number of rotatable bonds is 25. The summed E-state index contributed by atoms with van der Waals surface area (Å²) in [5.74, 6) is -7.37. The number of likely N-dealkylation sites (tertiary alicyclic amines) is 1. The minimum Gasteiger partial charge on any atom is -0.508 e. The van der Waals surface area contributed by atoms with Crippen molar-refractivity contribution in [3.8, 4) is 5.75 Å². The molecule has 2 heterocycles. The quantitative estimate of drug-likeness (QED) is 0.0360. The number of carboxylic acids is 1. The fraction of sp³-hybridized carbons (Fsp3) is 0.417. The molecule has 0 aliphatic carbocycles. The largest absolute Gasteiger partial charge is 0.508 e. The molecule has 15 N–H and O–H groups in total. The first-order valence-electron chi connectivity index (χ1n) is 22.8. The first-order chi connectivity index (χ1) is 32.9. The number of phenolic OH excluding ortho intramolecular Hbond substituents is 1. The lowest BCUT2D eigenvalue weighted by atomic mass is 10.0. The van der Waals surface area contributed by atoms with Gasteiger partial charge in [0, 0.05) is 36.5 Å². The number of unbranched alkanes of at least 4 members (excludes halogenated alkanes) is 1. The molecule has 5 rings (SSSR count). The molecule has 1 aliphatic heterocycles. The Morgan fingerprint density at radius 2 is 1.38 bits per heavy atom. The molecule has 0 spiro atoms. The molecule has 69 heavy (non-hydrogen) atoms. The predicted octanol–water partition coefficient (Wildman–Crippen LogP) is -0.887. The van der Waals surface area contributed by atoms with E-state index in [0.717, 1.165) is 10.9 Å². The topological polar surface area (TPSA) is 354 Å². The van der Waals surface area contributed by atoms with Gasteiger partial charge < -0.3 is 69.0 Å². The zero-order valence-electron chi connectivity index (χ0n) is 38.3. The van der Waals surface area contributed by atoms with Gasteiger partial charge in [0.2, 0.25) is 41.4 Å². The lowest BCUT2D eigenvalue weighted by molar-refractivity contribution is -0.143. The van der Waals surface area contributed by atoms with Crippen LogP contribution >= 0.6 is 0 Å². The Hall–Kier alpha value is -7.36. The fourth-order valence-electron chi connectivity index (χ4n) is 8.16. The van der Waals surface area contributed by atoms with Crippen LogP contribution in [0.2, 0.25) is 0 Å². The number of primary amides is 1. The number of fused-ring (bicyclic) bond motifs is 1. The predicted molar refractivity (Wildman–Crippen MR) is 252 cm³/mol. The molecule has 1 aliphatic rings. The summed E-state index contributed by atoms with van der Waals surface area (Å²) < 4.78 is 0. The number of phenols is 1. The van der Waals surface area contributed by atoms with Gasteiger partial charge in [0.05, 0.1) is 18.6 Å². The van der Waals surface area contributed by atoms with E-state index in [2.05, 4.69) is 31.6 Å². The summed E-state index contributed by atoms with van der Waals surface area (Å²) >= 11 is 0. The third kappa shape index (κ3) is 15.1. The number of nitrogens with zero attached hydrogens (tertiary/aromatic N) is 1. The van der Waals surface area contributed by atoms with Gasteiger partial charge in [-0.05, 0) is 86.9 Å². The number of aromatic nitrogens is 1. The van der Waals surface area contributed by atoms with E-state index in [4.69, 9.17) is 17.2 Å². The molecular formula is C48H62N10O11.